The molecule has 0 saturated carbocycles. The number of nitrogens with zero attached hydrogens (tertiary/aromatic N) is 3. The molecule has 2 rings (SSSR count). The summed E-state index contributed by atoms with van der Waals surface area (Å²) in [6.45, 7) is 16.3. The van der Waals surface area contributed by atoms with E-state index in [-0.39, 0.29) is 6.09 Å². The summed E-state index contributed by atoms with van der Waals surface area (Å²) in [5.41, 5.74) is -0.454. The highest BCUT2D eigenvalue weighted by molar-refractivity contribution is 5.79. The molecule has 0 aromatic carbocycles. The highest BCUT2D eigenvalue weighted by atomic mass is 16.6. The number of likely N-dealkylation sites (tertiary alicyclic amines) is 1. The lowest BCUT2D eigenvalue weighted by Crippen LogP contribution is -2.45. The third kappa shape index (κ3) is 8.65. The second kappa shape index (κ2) is 11.5. The average Bonchev–Trinajstić information content (AvgIpc) is 2.66. The maximum absolute atomic E-state index is 12.3. The number of hydrogen-bond acceptors (Lipinski definition) is 5. The quantitative estimate of drug-likeness (QED) is 0.523. The van der Waals surface area contributed by atoms with Gasteiger partial charge >= 0.3 is 6.09 Å². The van der Waals surface area contributed by atoms with E-state index in [9.17, 15) is 4.79 Å². The van der Waals surface area contributed by atoms with Crippen LogP contribution < -0.4 is 10.6 Å². The van der Waals surface area contributed by atoms with Crippen molar-refractivity contribution >= 4 is 12.1 Å². The summed E-state index contributed by atoms with van der Waals surface area (Å²) >= 11 is 0. The number of hydrogen-bond donors (Lipinski definition) is 2. The number of carbonyl (C=O) groups is 1. The Labute approximate surface area is 170 Å². The molecule has 0 bridgehead atoms. The Morgan fingerprint density at radius 3 is 2.64 bits per heavy atom. The summed E-state index contributed by atoms with van der Waals surface area (Å²) in [7, 11) is 0. The van der Waals surface area contributed by atoms with Crippen molar-refractivity contribution in [2.45, 2.75) is 46.1 Å². The first-order valence-electron chi connectivity index (χ1n) is 10.7. The third-order valence-corrected chi connectivity index (χ3v) is 4.85. The second-order valence-electron chi connectivity index (χ2n) is 8.54. The number of aliphatic imine (C=N–C) groups is 1. The zero-order chi connectivity index (χ0) is 20.4. The second-order valence-corrected chi connectivity index (χ2v) is 8.54. The summed E-state index contributed by atoms with van der Waals surface area (Å²) in [6.07, 6.45) is 1.88. The van der Waals surface area contributed by atoms with Gasteiger partial charge in [0.2, 0.25) is 0 Å². The molecule has 162 valence electrons. The Kier molecular flexibility index (Phi) is 9.31. The van der Waals surface area contributed by atoms with Gasteiger partial charge in [0.15, 0.2) is 5.96 Å². The van der Waals surface area contributed by atoms with Crippen molar-refractivity contribution in [1.29, 1.82) is 0 Å². The van der Waals surface area contributed by atoms with E-state index in [0.717, 1.165) is 71.3 Å². The van der Waals surface area contributed by atoms with Crippen LogP contribution in [0.2, 0.25) is 0 Å². The highest BCUT2D eigenvalue weighted by Gasteiger charge is 2.27. The largest absolute Gasteiger partial charge is 0.444 e. The lowest BCUT2D eigenvalue weighted by molar-refractivity contribution is 0.0170. The minimum atomic E-state index is -0.454. The Bertz CT molecular complexity index is 501. The first kappa shape index (κ1) is 22.7. The zero-order valence-electron chi connectivity index (χ0n) is 18.1. The minimum absolute atomic E-state index is 0.211. The van der Waals surface area contributed by atoms with Gasteiger partial charge in [-0.1, -0.05) is 0 Å². The van der Waals surface area contributed by atoms with E-state index < -0.39 is 5.60 Å². The van der Waals surface area contributed by atoms with E-state index in [0.29, 0.717) is 19.0 Å². The summed E-state index contributed by atoms with van der Waals surface area (Å²) in [5, 5.41) is 6.74. The number of amides is 1. The first-order chi connectivity index (χ1) is 13.4. The number of morpholine rings is 1. The molecule has 8 nitrogen and oxygen atoms in total. The Balaban J connectivity index is 1.77. The van der Waals surface area contributed by atoms with Crippen molar-refractivity contribution in [2.24, 2.45) is 10.9 Å². The van der Waals surface area contributed by atoms with E-state index >= 15 is 0 Å². The van der Waals surface area contributed by atoms with Gasteiger partial charge in [0, 0.05) is 52.4 Å². The molecule has 2 saturated heterocycles. The van der Waals surface area contributed by atoms with E-state index in [1.807, 2.05) is 25.7 Å². The van der Waals surface area contributed by atoms with Crippen LogP contribution in [0.4, 0.5) is 4.79 Å². The molecule has 1 unspecified atom stereocenters. The Morgan fingerprint density at radius 2 is 1.96 bits per heavy atom. The number of rotatable bonds is 6. The number of ether oxygens (including phenoxy) is 2. The summed E-state index contributed by atoms with van der Waals surface area (Å²) in [6, 6.07) is 0. The molecule has 0 aromatic heterocycles. The van der Waals surface area contributed by atoms with Crippen molar-refractivity contribution in [1.82, 2.24) is 20.4 Å². The van der Waals surface area contributed by atoms with E-state index in [1.165, 1.54) is 0 Å². The molecule has 0 aliphatic carbocycles. The van der Waals surface area contributed by atoms with E-state index in [1.54, 1.807) is 0 Å². The van der Waals surface area contributed by atoms with Crippen molar-refractivity contribution in [3.63, 3.8) is 0 Å². The fraction of sp³-hybridized carbons (Fsp3) is 0.900. The highest BCUT2D eigenvalue weighted by Crippen LogP contribution is 2.19. The fourth-order valence-electron chi connectivity index (χ4n) is 3.43. The molecule has 2 aliphatic rings. The van der Waals surface area contributed by atoms with Crippen LogP contribution in [-0.4, -0.2) is 93.0 Å². The molecule has 0 spiro atoms. The number of guanidine groups is 1. The standard InChI is InChI=1S/C20H39N5O3/c1-5-21-18(22-8-10-24-11-13-27-14-12-24)23-15-17-7-6-9-25(16-17)19(26)28-20(2,3)4/h17H,5-16H2,1-4H3,(H2,21,22,23). The molecule has 8 heteroatoms. The fourth-order valence-corrected chi connectivity index (χ4v) is 3.43. The lowest BCUT2D eigenvalue weighted by atomic mass is 9.98. The SMILES string of the molecule is CCNC(=NCC1CCCN(C(=O)OC(C)(C)C)C1)NCCN1CCOCC1. The molecule has 2 aliphatic heterocycles. The van der Waals surface area contributed by atoms with Crippen LogP contribution in [0, 0.1) is 5.92 Å². The van der Waals surface area contributed by atoms with Crippen molar-refractivity contribution in [3.8, 4) is 0 Å². The van der Waals surface area contributed by atoms with Gasteiger partial charge in [-0.05, 0) is 46.5 Å². The van der Waals surface area contributed by atoms with Gasteiger partial charge in [-0.3, -0.25) is 9.89 Å². The molecular weight excluding hydrogens is 358 g/mol. The molecule has 1 amide bonds. The van der Waals surface area contributed by atoms with Crippen molar-refractivity contribution in [3.05, 3.63) is 0 Å². The van der Waals surface area contributed by atoms with Gasteiger partial charge in [-0.15, -0.1) is 0 Å². The van der Waals surface area contributed by atoms with Crippen LogP contribution in [-0.2, 0) is 9.47 Å². The van der Waals surface area contributed by atoms with Gasteiger partial charge in [0.05, 0.1) is 13.2 Å². The Morgan fingerprint density at radius 1 is 1.21 bits per heavy atom. The van der Waals surface area contributed by atoms with Gasteiger partial charge in [0.1, 0.15) is 5.60 Å². The number of nitrogens with one attached hydrogen (secondary N) is 2. The summed E-state index contributed by atoms with van der Waals surface area (Å²) in [5.74, 6) is 1.22. The first-order valence-corrected chi connectivity index (χ1v) is 10.7. The molecule has 2 fully saturated rings. The molecule has 2 heterocycles. The average molecular weight is 398 g/mol. The summed E-state index contributed by atoms with van der Waals surface area (Å²) in [4.78, 5) is 21.3. The van der Waals surface area contributed by atoms with Crippen LogP contribution in [0.1, 0.15) is 40.5 Å². The maximum atomic E-state index is 12.3. The van der Waals surface area contributed by atoms with Crippen LogP contribution >= 0.6 is 0 Å². The monoisotopic (exact) mass is 397 g/mol. The smallest absolute Gasteiger partial charge is 0.410 e. The van der Waals surface area contributed by atoms with E-state index in [4.69, 9.17) is 14.5 Å². The van der Waals surface area contributed by atoms with Gasteiger partial charge in [-0.25, -0.2) is 4.79 Å². The molecule has 2 N–H and O–H groups in total. The predicted molar refractivity (Wildman–Crippen MR) is 112 cm³/mol. The van der Waals surface area contributed by atoms with Crippen LogP contribution in [0.25, 0.3) is 0 Å². The summed E-state index contributed by atoms with van der Waals surface area (Å²) < 4.78 is 10.9. The van der Waals surface area contributed by atoms with Gasteiger partial charge < -0.3 is 25.0 Å². The lowest BCUT2D eigenvalue weighted by Gasteiger charge is -2.33. The molecule has 1 atom stereocenters. The maximum Gasteiger partial charge on any atom is 0.410 e. The molecule has 0 aromatic rings. The predicted octanol–water partition coefficient (Wildman–Crippen LogP) is 1.52. The molecular formula is C20H39N5O3. The number of piperidine rings is 1. The Hall–Kier alpha value is -1.54. The van der Waals surface area contributed by atoms with Gasteiger partial charge in [-0.2, -0.15) is 0 Å². The zero-order valence-corrected chi connectivity index (χ0v) is 18.1. The van der Waals surface area contributed by atoms with E-state index in [2.05, 4.69) is 22.5 Å². The number of carbonyl (C=O) groups excluding carboxylic acids is 1. The minimum Gasteiger partial charge on any atom is -0.444 e. The van der Waals surface area contributed by atoms with Crippen molar-refractivity contribution in [2.75, 3.05) is 65.6 Å². The van der Waals surface area contributed by atoms with Crippen molar-refractivity contribution < 1.29 is 14.3 Å². The van der Waals surface area contributed by atoms with Crippen LogP contribution in [0.15, 0.2) is 4.99 Å². The topological polar surface area (TPSA) is 78.4 Å². The van der Waals surface area contributed by atoms with Gasteiger partial charge in [0.25, 0.3) is 0 Å². The third-order valence-electron chi connectivity index (χ3n) is 4.85. The molecule has 28 heavy (non-hydrogen) atoms. The normalized spacial score (nSPS) is 22.1. The molecule has 0 radical (unpaired) electrons. The van der Waals surface area contributed by atoms with Crippen LogP contribution in [0.5, 0.6) is 0 Å². The van der Waals surface area contributed by atoms with Crippen LogP contribution in [0.3, 0.4) is 0 Å².